The molecule has 4 atom stereocenters. The number of fused-ring (bicyclic) bond motifs is 2. The molecule has 3 amide bonds. The number of rotatable bonds is 13. The van der Waals surface area contributed by atoms with E-state index in [1.165, 1.54) is 19.1 Å². The number of carbonyl (C=O) groups excluding carboxylic acids is 3. The fourth-order valence-corrected chi connectivity index (χ4v) is 5.38. The van der Waals surface area contributed by atoms with Crippen molar-refractivity contribution in [3.63, 3.8) is 0 Å². The van der Waals surface area contributed by atoms with Crippen LogP contribution in [0.2, 0.25) is 0 Å². The van der Waals surface area contributed by atoms with Gasteiger partial charge in [-0.3, -0.25) is 14.4 Å². The number of carbonyl (C=O) groups is 4. The molecule has 0 bridgehead atoms. The Morgan fingerprint density at radius 1 is 0.696 bits per heavy atom. The van der Waals surface area contributed by atoms with Gasteiger partial charge < -0.3 is 41.9 Å². The summed E-state index contributed by atoms with van der Waals surface area (Å²) in [6, 6.07) is 16.7. The van der Waals surface area contributed by atoms with Crippen LogP contribution < -0.4 is 21.7 Å². The molecule has 0 aliphatic heterocycles. The average molecular weight is 625 g/mol. The molecule has 0 spiro atoms. The maximum atomic E-state index is 13.5. The molecule has 2 aromatic heterocycles. The van der Waals surface area contributed by atoms with E-state index in [-0.39, 0.29) is 25.0 Å². The summed E-state index contributed by atoms with van der Waals surface area (Å²) < 4.78 is 0. The van der Waals surface area contributed by atoms with Gasteiger partial charge in [-0.2, -0.15) is 0 Å². The molecule has 9 N–H and O–H groups in total. The Bertz CT molecular complexity index is 1860. The minimum atomic E-state index is -1.25. The highest BCUT2D eigenvalue weighted by Gasteiger charge is 2.29. The van der Waals surface area contributed by atoms with Crippen LogP contribution in [-0.2, 0) is 38.4 Å². The first-order chi connectivity index (χ1) is 22.1. The van der Waals surface area contributed by atoms with Crippen LogP contribution in [0, 0.1) is 0 Å². The van der Waals surface area contributed by atoms with Crippen LogP contribution in [0.1, 0.15) is 23.6 Å². The lowest BCUT2D eigenvalue weighted by Gasteiger charge is -2.24. The van der Waals surface area contributed by atoms with Gasteiger partial charge in [-0.05, 0) is 54.3 Å². The number of aromatic hydroxyl groups is 1. The van der Waals surface area contributed by atoms with Gasteiger partial charge in [0.2, 0.25) is 17.7 Å². The van der Waals surface area contributed by atoms with Gasteiger partial charge in [0.15, 0.2) is 0 Å². The molecule has 0 aliphatic rings. The summed E-state index contributed by atoms with van der Waals surface area (Å²) >= 11 is 0. The third kappa shape index (κ3) is 7.53. The molecule has 3 aromatic carbocycles. The van der Waals surface area contributed by atoms with Crippen LogP contribution in [0.25, 0.3) is 21.8 Å². The summed E-state index contributed by atoms with van der Waals surface area (Å²) in [6.45, 7) is 1.43. The molecule has 12 heteroatoms. The van der Waals surface area contributed by atoms with Crippen molar-refractivity contribution >= 4 is 45.5 Å². The van der Waals surface area contributed by atoms with Crippen LogP contribution >= 0.6 is 0 Å². The second-order valence-electron chi connectivity index (χ2n) is 11.3. The van der Waals surface area contributed by atoms with Gasteiger partial charge in [-0.1, -0.05) is 48.5 Å². The fourth-order valence-electron chi connectivity index (χ4n) is 5.38. The average Bonchev–Trinajstić information content (AvgIpc) is 3.65. The second-order valence-corrected chi connectivity index (χ2v) is 11.3. The molecule has 46 heavy (non-hydrogen) atoms. The molecule has 0 saturated heterocycles. The molecule has 4 unspecified atom stereocenters. The first-order valence-electron chi connectivity index (χ1n) is 14.9. The Morgan fingerprint density at radius 3 is 1.83 bits per heavy atom. The Morgan fingerprint density at radius 2 is 1.24 bits per heavy atom. The quantitative estimate of drug-likeness (QED) is 0.0981. The highest BCUT2D eigenvalue weighted by molar-refractivity contribution is 5.94. The van der Waals surface area contributed by atoms with Gasteiger partial charge in [0.25, 0.3) is 0 Å². The van der Waals surface area contributed by atoms with Crippen LogP contribution in [-0.4, -0.2) is 68.0 Å². The molecule has 5 rings (SSSR count). The lowest BCUT2D eigenvalue weighted by Crippen LogP contribution is -2.57. The first kappa shape index (κ1) is 31.8. The molecule has 2 heterocycles. The van der Waals surface area contributed by atoms with Crippen molar-refractivity contribution in [3.05, 3.63) is 102 Å². The summed E-state index contributed by atoms with van der Waals surface area (Å²) in [7, 11) is 0. The number of carboxylic acids is 1. The number of aliphatic carboxylic acids is 1. The number of carboxylic acid groups (broad SMARTS) is 1. The molecule has 0 saturated carbocycles. The van der Waals surface area contributed by atoms with Crippen molar-refractivity contribution in [2.75, 3.05) is 0 Å². The Balaban J connectivity index is 1.25. The van der Waals surface area contributed by atoms with E-state index in [0.717, 1.165) is 32.9 Å². The number of hydrogen-bond acceptors (Lipinski definition) is 6. The Labute approximate surface area is 264 Å². The fraction of sp³-hybridized carbons (Fsp3) is 0.235. The van der Waals surface area contributed by atoms with E-state index in [9.17, 15) is 29.4 Å². The van der Waals surface area contributed by atoms with Crippen molar-refractivity contribution in [2.24, 2.45) is 5.73 Å². The smallest absolute Gasteiger partial charge is 0.326 e. The number of amides is 3. The maximum absolute atomic E-state index is 13.5. The van der Waals surface area contributed by atoms with Crippen molar-refractivity contribution in [1.29, 1.82) is 0 Å². The van der Waals surface area contributed by atoms with Crippen molar-refractivity contribution < 1.29 is 29.4 Å². The number of nitrogens with two attached hydrogens (primary N) is 1. The van der Waals surface area contributed by atoms with Gasteiger partial charge in [-0.25, -0.2) is 4.79 Å². The molecule has 238 valence electrons. The first-order valence-corrected chi connectivity index (χ1v) is 14.9. The third-order valence-corrected chi connectivity index (χ3v) is 7.93. The van der Waals surface area contributed by atoms with Gasteiger partial charge in [0.05, 0.1) is 6.04 Å². The van der Waals surface area contributed by atoms with Crippen LogP contribution in [0.4, 0.5) is 0 Å². The van der Waals surface area contributed by atoms with Gasteiger partial charge >= 0.3 is 5.97 Å². The molecule has 12 nitrogen and oxygen atoms in total. The van der Waals surface area contributed by atoms with Crippen molar-refractivity contribution in [3.8, 4) is 5.75 Å². The number of para-hydroxylation sites is 2. The highest BCUT2D eigenvalue weighted by atomic mass is 16.4. The molecular weight excluding hydrogens is 588 g/mol. The minimum absolute atomic E-state index is 0.0274. The summed E-state index contributed by atoms with van der Waals surface area (Å²) in [5.41, 5.74) is 10.2. The SMILES string of the molecule is CC(NC(=O)C(Cc1ccc(O)cc1)NC(=O)C(N)Cc1c[nH]c2ccccc12)C(=O)NC(Cc1c[nH]c2ccccc12)C(=O)O. The molecule has 0 fully saturated rings. The Kier molecular flexibility index (Phi) is 9.67. The van der Waals surface area contributed by atoms with Gasteiger partial charge in [0.1, 0.15) is 23.9 Å². The number of nitrogens with one attached hydrogen (secondary N) is 5. The summed E-state index contributed by atoms with van der Waals surface area (Å²) in [4.78, 5) is 58.1. The number of aromatic nitrogens is 2. The van der Waals surface area contributed by atoms with E-state index >= 15 is 0 Å². The van der Waals surface area contributed by atoms with E-state index in [1.54, 1.807) is 24.5 Å². The predicted octanol–water partition coefficient (Wildman–Crippen LogP) is 2.27. The molecule has 5 aromatic rings. The lowest BCUT2D eigenvalue weighted by molar-refractivity contribution is -0.142. The summed E-state index contributed by atoms with van der Waals surface area (Å²) in [5, 5.41) is 29.1. The zero-order chi connectivity index (χ0) is 32.8. The van der Waals surface area contributed by atoms with E-state index in [0.29, 0.717) is 5.56 Å². The number of hydrogen-bond donors (Lipinski definition) is 8. The van der Waals surface area contributed by atoms with Crippen LogP contribution in [0.15, 0.2) is 85.2 Å². The minimum Gasteiger partial charge on any atom is -0.508 e. The van der Waals surface area contributed by atoms with Gasteiger partial charge in [-0.15, -0.1) is 0 Å². The standard InChI is InChI=1S/C34H36N6O6/c1-19(31(42)40-30(34(45)46)16-22-18-37-28-9-5-3-7-25(22)28)38-33(44)29(14-20-10-12-23(41)13-11-20)39-32(43)26(35)15-21-17-36-27-8-4-2-6-24(21)27/h2-13,17-19,26,29-30,36-37,41H,14-16,35H2,1H3,(H,38,44)(H,39,43)(H,40,42)(H,45,46). The number of H-pyrrole nitrogens is 2. The van der Waals surface area contributed by atoms with E-state index in [2.05, 4.69) is 25.9 Å². The largest absolute Gasteiger partial charge is 0.508 e. The number of phenolic OH excluding ortho intramolecular Hbond substituents is 1. The highest BCUT2D eigenvalue weighted by Crippen LogP contribution is 2.20. The van der Waals surface area contributed by atoms with Crippen LogP contribution in [0.5, 0.6) is 5.75 Å². The van der Waals surface area contributed by atoms with E-state index < -0.39 is 47.9 Å². The van der Waals surface area contributed by atoms with Crippen molar-refractivity contribution in [2.45, 2.75) is 50.4 Å². The number of benzene rings is 3. The molecular formula is C34H36N6O6. The van der Waals surface area contributed by atoms with Crippen molar-refractivity contribution in [1.82, 2.24) is 25.9 Å². The summed E-state index contributed by atoms with van der Waals surface area (Å²) in [5.74, 6) is -3.11. The topological polar surface area (TPSA) is 202 Å². The molecule has 0 radical (unpaired) electrons. The monoisotopic (exact) mass is 624 g/mol. The molecule has 0 aliphatic carbocycles. The second kappa shape index (κ2) is 14.0. The van der Waals surface area contributed by atoms with E-state index in [4.69, 9.17) is 5.73 Å². The number of phenols is 1. The van der Waals surface area contributed by atoms with Gasteiger partial charge in [0, 0.05) is 47.0 Å². The zero-order valence-electron chi connectivity index (χ0n) is 25.1. The maximum Gasteiger partial charge on any atom is 0.326 e. The predicted molar refractivity (Wildman–Crippen MR) is 173 cm³/mol. The third-order valence-electron chi connectivity index (χ3n) is 7.93. The van der Waals surface area contributed by atoms with E-state index in [1.807, 2.05) is 48.5 Å². The summed E-state index contributed by atoms with van der Waals surface area (Å²) in [6.07, 6.45) is 3.79. The zero-order valence-corrected chi connectivity index (χ0v) is 25.1. The lowest BCUT2D eigenvalue weighted by atomic mass is 10.0. The Hall–Kier alpha value is -5.62. The number of aromatic amines is 2. The van der Waals surface area contributed by atoms with Crippen LogP contribution in [0.3, 0.4) is 0 Å². The normalized spacial score (nSPS) is 13.9.